The van der Waals surface area contributed by atoms with Crippen LogP contribution in [0.15, 0.2) is 90.2 Å². The zero-order valence-corrected chi connectivity index (χ0v) is 22.8. The highest BCUT2D eigenvalue weighted by Gasteiger charge is 2.23. The number of ether oxygens (including phenoxy) is 1. The van der Waals surface area contributed by atoms with Crippen molar-refractivity contribution in [3.63, 3.8) is 0 Å². The minimum Gasteiger partial charge on any atom is -0.497 e. The summed E-state index contributed by atoms with van der Waals surface area (Å²) >= 11 is 0. The maximum atomic E-state index is 14.4. The van der Waals surface area contributed by atoms with Gasteiger partial charge in [0, 0.05) is 12.2 Å². The van der Waals surface area contributed by atoms with Gasteiger partial charge in [-0.15, -0.1) is 0 Å². The zero-order valence-electron chi connectivity index (χ0n) is 22.8. The van der Waals surface area contributed by atoms with E-state index in [1.54, 1.807) is 18.0 Å². The Morgan fingerprint density at radius 3 is 2.59 bits per heavy atom. The SMILES string of the molecule is CCC[C@H](Nc1ncnc2nc[nH]c12)c1nc2cccc(NCc3ccc(OC)cc3)c2c(=O)n1-c1ccccc1. The number of aromatic amines is 1. The first kappa shape index (κ1) is 26.0. The van der Waals surface area contributed by atoms with Crippen LogP contribution in [-0.2, 0) is 6.54 Å². The predicted octanol–water partition coefficient (Wildman–Crippen LogP) is 5.63. The van der Waals surface area contributed by atoms with Gasteiger partial charge in [-0.25, -0.2) is 19.9 Å². The monoisotopic (exact) mass is 546 g/mol. The fourth-order valence-electron chi connectivity index (χ4n) is 4.99. The number of nitrogens with zero attached hydrogens (tertiary/aromatic N) is 5. The molecule has 0 aliphatic heterocycles. The molecule has 206 valence electrons. The molecule has 10 heteroatoms. The second kappa shape index (κ2) is 11.5. The normalized spacial score (nSPS) is 12.0. The van der Waals surface area contributed by atoms with Crippen LogP contribution < -0.4 is 20.9 Å². The van der Waals surface area contributed by atoms with Gasteiger partial charge in [-0.1, -0.05) is 49.7 Å². The van der Waals surface area contributed by atoms with Crippen LogP contribution in [0.3, 0.4) is 0 Å². The third kappa shape index (κ3) is 5.19. The van der Waals surface area contributed by atoms with E-state index in [1.165, 1.54) is 6.33 Å². The number of hydrogen-bond acceptors (Lipinski definition) is 8. The Morgan fingerprint density at radius 1 is 0.976 bits per heavy atom. The van der Waals surface area contributed by atoms with Crippen LogP contribution in [0.4, 0.5) is 11.5 Å². The molecule has 10 nitrogen and oxygen atoms in total. The summed E-state index contributed by atoms with van der Waals surface area (Å²) in [4.78, 5) is 35.6. The molecule has 3 aromatic heterocycles. The summed E-state index contributed by atoms with van der Waals surface area (Å²) in [6, 6.07) is 22.9. The minimum absolute atomic E-state index is 0.147. The number of aromatic nitrogens is 6. The quantitative estimate of drug-likeness (QED) is 0.202. The third-order valence-electron chi connectivity index (χ3n) is 7.00. The van der Waals surface area contributed by atoms with Crippen LogP contribution in [0.5, 0.6) is 5.75 Å². The smallest absolute Gasteiger partial charge is 0.268 e. The number of anilines is 2. The molecule has 0 spiro atoms. The van der Waals surface area contributed by atoms with Crippen molar-refractivity contribution in [2.45, 2.75) is 32.4 Å². The highest BCUT2D eigenvalue weighted by atomic mass is 16.5. The first-order valence-corrected chi connectivity index (χ1v) is 13.5. The fourth-order valence-corrected chi connectivity index (χ4v) is 4.99. The second-order valence-electron chi connectivity index (χ2n) is 9.66. The molecule has 3 aromatic carbocycles. The number of benzene rings is 3. The Morgan fingerprint density at radius 2 is 1.80 bits per heavy atom. The van der Waals surface area contributed by atoms with E-state index in [0.717, 1.165) is 35.5 Å². The molecule has 0 saturated heterocycles. The minimum atomic E-state index is -0.311. The summed E-state index contributed by atoms with van der Waals surface area (Å²) in [5.41, 5.74) is 4.27. The summed E-state index contributed by atoms with van der Waals surface area (Å²) in [6.45, 7) is 2.65. The van der Waals surface area contributed by atoms with Gasteiger partial charge in [0.1, 0.15) is 23.4 Å². The predicted molar refractivity (Wildman–Crippen MR) is 161 cm³/mol. The molecule has 0 fully saturated rings. The lowest BCUT2D eigenvalue weighted by atomic mass is 10.1. The molecular weight excluding hydrogens is 516 g/mol. The van der Waals surface area contributed by atoms with Gasteiger partial charge in [-0.3, -0.25) is 9.36 Å². The second-order valence-corrected chi connectivity index (χ2v) is 9.66. The van der Waals surface area contributed by atoms with E-state index >= 15 is 0 Å². The van der Waals surface area contributed by atoms with Gasteiger partial charge in [-0.05, 0) is 48.4 Å². The molecular formula is C31H30N8O2. The molecule has 3 N–H and O–H groups in total. The Hall–Kier alpha value is -5.25. The van der Waals surface area contributed by atoms with Crippen molar-refractivity contribution in [3.8, 4) is 11.4 Å². The molecule has 0 aliphatic rings. The van der Waals surface area contributed by atoms with Gasteiger partial charge in [-0.2, -0.15) is 0 Å². The van der Waals surface area contributed by atoms with Crippen molar-refractivity contribution in [1.82, 2.24) is 29.5 Å². The summed E-state index contributed by atoms with van der Waals surface area (Å²) < 4.78 is 6.98. The number of para-hydroxylation sites is 1. The molecule has 6 aromatic rings. The lowest BCUT2D eigenvalue weighted by Crippen LogP contribution is -2.29. The molecule has 0 radical (unpaired) electrons. The summed E-state index contributed by atoms with van der Waals surface area (Å²) in [5, 5.41) is 7.51. The average Bonchev–Trinajstić information content (AvgIpc) is 3.50. The molecule has 0 aliphatic carbocycles. The molecule has 6 rings (SSSR count). The maximum absolute atomic E-state index is 14.4. The van der Waals surface area contributed by atoms with Gasteiger partial charge in [0.25, 0.3) is 5.56 Å². The van der Waals surface area contributed by atoms with Crippen molar-refractivity contribution in [2.24, 2.45) is 0 Å². The van der Waals surface area contributed by atoms with Gasteiger partial charge in [0.2, 0.25) is 0 Å². The Balaban J connectivity index is 1.47. The number of imidazole rings is 1. The van der Waals surface area contributed by atoms with Crippen LogP contribution in [0.1, 0.15) is 37.2 Å². The molecule has 1 atom stereocenters. The van der Waals surface area contributed by atoms with E-state index in [2.05, 4.69) is 37.5 Å². The zero-order chi connectivity index (χ0) is 28.2. The van der Waals surface area contributed by atoms with Gasteiger partial charge < -0.3 is 20.4 Å². The lowest BCUT2D eigenvalue weighted by Gasteiger charge is -2.23. The standard InChI is InChI=1S/C31H30N8O2/c1-3-8-25(37-29-27-28(34-18-33-27)35-19-36-29)30-38-24-12-7-11-23(32-17-20-13-15-22(41-2)16-14-20)26(24)31(40)39(30)21-9-5-4-6-10-21/h4-7,9-16,18-19,25,32H,3,8,17H2,1-2H3,(H2,33,34,35,36,37)/t25-/m0/s1. The number of rotatable bonds is 10. The molecule has 41 heavy (non-hydrogen) atoms. The summed E-state index contributed by atoms with van der Waals surface area (Å²) in [6.07, 6.45) is 4.65. The molecule has 0 unspecified atom stereocenters. The van der Waals surface area contributed by atoms with E-state index in [4.69, 9.17) is 9.72 Å². The maximum Gasteiger partial charge on any atom is 0.268 e. The number of nitrogens with one attached hydrogen (secondary N) is 3. The van der Waals surface area contributed by atoms with Crippen molar-refractivity contribution < 1.29 is 4.74 Å². The number of hydrogen-bond donors (Lipinski definition) is 3. The van der Waals surface area contributed by atoms with E-state index in [-0.39, 0.29) is 11.6 Å². The number of H-pyrrole nitrogens is 1. The Bertz CT molecular complexity index is 1850. The van der Waals surface area contributed by atoms with Crippen LogP contribution in [0.2, 0.25) is 0 Å². The van der Waals surface area contributed by atoms with E-state index in [9.17, 15) is 4.79 Å². The molecule has 0 saturated carbocycles. The average molecular weight is 547 g/mol. The van der Waals surface area contributed by atoms with Crippen LogP contribution in [-0.4, -0.2) is 36.6 Å². The highest BCUT2D eigenvalue weighted by molar-refractivity contribution is 5.91. The molecule has 0 bridgehead atoms. The van der Waals surface area contributed by atoms with Crippen molar-refractivity contribution in [2.75, 3.05) is 17.7 Å². The van der Waals surface area contributed by atoms with Crippen molar-refractivity contribution in [3.05, 3.63) is 107 Å². The third-order valence-corrected chi connectivity index (χ3v) is 7.00. The van der Waals surface area contributed by atoms with E-state index in [1.807, 2.05) is 72.8 Å². The van der Waals surface area contributed by atoms with Crippen molar-refractivity contribution in [1.29, 1.82) is 0 Å². The van der Waals surface area contributed by atoms with Crippen LogP contribution >= 0.6 is 0 Å². The van der Waals surface area contributed by atoms with Gasteiger partial charge >= 0.3 is 0 Å². The highest BCUT2D eigenvalue weighted by Crippen LogP contribution is 2.29. The van der Waals surface area contributed by atoms with Crippen LogP contribution in [0.25, 0.3) is 27.8 Å². The lowest BCUT2D eigenvalue weighted by molar-refractivity contribution is 0.414. The van der Waals surface area contributed by atoms with E-state index in [0.29, 0.717) is 40.3 Å². The van der Waals surface area contributed by atoms with Gasteiger partial charge in [0.05, 0.1) is 36.1 Å². The van der Waals surface area contributed by atoms with Crippen molar-refractivity contribution >= 4 is 33.6 Å². The molecule has 3 heterocycles. The molecule has 0 amide bonds. The summed E-state index contributed by atoms with van der Waals surface area (Å²) in [5.74, 6) is 2.01. The Kier molecular flexibility index (Phi) is 7.27. The first-order valence-electron chi connectivity index (χ1n) is 13.5. The van der Waals surface area contributed by atoms with E-state index < -0.39 is 0 Å². The largest absolute Gasteiger partial charge is 0.497 e. The Labute approximate surface area is 236 Å². The topological polar surface area (TPSA) is 123 Å². The number of methoxy groups -OCH3 is 1. The van der Waals surface area contributed by atoms with Crippen LogP contribution in [0, 0.1) is 0 Å². The summed E-state index contributed by atoms with van der Waals surface area (Å²) in [7, 11) is 1.65. The first-order chi connectivity index (χ1) is 20.2. The number of fused-ring (bicyclic) bond motifs is 2. The van der Waals surface area contributed by atoms with Gasteiger partial charge in [0.15, 0.2) is 11.5 Å². The fraction of sp³-hybridized carbons (Fsp3) is 0.194.